The molecule has 0 heterocycles. The second-order valence-electron chi connectivity index (χ2n) is 5.86. The molecule has 0 atom stereocenters. The summed E-state index contributed by atoms with van der Waals surface area (Å²) in [5, 5.41) is 0. The molecule has 0 spiro atoms. The topological polar surface area (TPSA) is 102 Å². The molecule has 7 nitrogen and oxygen atoms in total. The molecular weight excluding hydrogens is 356 g/mol. The Hall–Kier alpha value is -2.87. The van der Waals surface area contributed by atoms with Gasteiger partial charge in [0, 0.05) is 11.8 Å². The Labute approximate surface area is 152 Å². The largest absolute Gasteiger partial charge is 0.483 e. The monoisotopic (exact) mass is 376 g/mol. The Morgan fingerprint density at radius 2 is 1.65 bits per heavy atom. The summed E-state index contributed by atoms with van der Waals surface area (Å²) in [6.07, 6.45) is 1.08. The molecular formula is C18H20N2O5S. The molecule has 26 heavy (non-hydrogen) atoms. The lowest BCUT2D eigenvalue weighted by molar-refractivity contribution is -0.123. The van der Waals surface area contributed by atoms with Crippen molar-refractivity contribution in [2.45, 2.75) is 18.7 Å². The van der Waals surface area contributed by atoms with Crippen molar-refractivity contribution in [1.82, 2.24) is 10.9 Å². The molecule has 2 aromatic carbocycles. The van der Waals surface area contributed by atoms with Gasteiger partial charge in [0.1, 0.15) is 5.75 Å². The fraction of sp³-hybridized carbons (Fsp3) is 0.222. The SMILES string of the molecule is Cc1ccc(OCC(=O)NNC(=O)c2ccc(S(C)(=O)=O)cc2)c(C)c1. The number of amides is 2. The molecule has 0 aliphatic heterocycles. The van der Waals surface area contributed by atoms with Crippen LogP contribution in [-0.4, -0.2) is 33.1 Å². The molecule has 0 saturated heterocycles. The number of hydrogen-bond acceptors (Lipinski definition) is 5. The predicted molar refractivity (Wildman–Crippen MR) is 96.6 cm³/mol. The second kappa shape index (κ2) is 8.01. The molecule has 138 valence electrons. The maximum absolute atomic E-state index is 12.0. The van der Waals surface area contributed by atoms with Crippen LogP contribution < -0.4 is 15.6 Å². The Morgan fingerprint density at radius 3 is 2.23 bits per heavy atom. The summed E-state index contributed by atoms with van der Waals surface area (Å²) >= 11 is 0. The van der Waals surface area contributed by atoms with Crippen LogP contribution in [0.25, 0.3) is 0 Å². The zero-order chi connectivity index (χ0) is 19.3. The number of benzene rings is 2. The van der Waals surface area contributed by atoms with Gasteiger partial charge in [-0.1, -0.05) is 17.7 Å². The van der Waals surface area contributed by atoms with Crippen LogP contribution in [0.1, 0.15) is 21.5 Å². The first-order chi connectivity index (χ1) is 12.2. The molecule has 2 N–H and O–H groups in total. The van der Waals surface area contributed by atoms with Crippen LogP contribution in [0.5, 0.6) is 5.75 Å². The van der Waals surface area contributed by atoms with Gasteiger partial charge >= 0.3 is 0 Å². The molecule has 8 heteroatoms. The number of ether oxygens (including phenoxy) is 1. The van der Waals surface area contributed by atoms with E-state index in [1.807, 2.05) is 26.0 Å². The third-order valence-electron chi connectivity index (χ3n) is 3.55. The quantitative estimate of drug-likeness (QED) is 0.771. The van der Waals surface area contributed by atoms with E-state index >= 15 is 0 Å². The van der Waals surface area contributed by atoms with E-state index in [0.29, 0.717) is 5.75 Å². The minimum Gasteiger partial charge on any atom is -0.483 e. The van der Waals surface area contributed by atoms with Crippen molar-refractivity contribution in [3.8, 4) is 5.75 Å². The van der Waals surface area contributed by atoms with Gasteiger partial charge in [0.25, 0.3) is 11.8 Å². The summed E-state index contributed by atoms with van der Waals surface area (Å²) in [5.41, 5.74) is 6.71. The van der Waals surface area contributed by atoms with Gasteiger partial charge in [-0.05, 0) is 49.7 Å². The Balaban J connectivity index is 1.85. The van der Waals surface area contributed by atoms with E-state index in [1.54, 1.807) is 6.07 Å². The highest BCUT2D eigenvalue weighted by atomic mass is 32.2. The Kier molecular flexibility index (Phi) is 5.99. The van der Waals surface area contributed by atoms with Crippen molar-refractivity contribution >= 4 is 21.7 Å². The number of carbonyl (C=O) groups excluding carboxylic acids is 2. The van der Waals surface area contributed by atoms with Gasteiger partial charge < -0.3 is 4.74 Å². The fourth-order valence-electron chi connectivity index (χ4n) is 2.19. The van der Waals surface area contributed by atoms with Gasteiger partial charge in [-0.25, -0.2) is 8.42 Å². The third-order valence-corrected chi connectivity index (χ3v) is 4.68. The van der Waals surface area contributed by atoms with E-state index in [2.05, 4.69) is 10.9 Å². The fourth-order valence-corrected chi connectivity index (χ4v) is 2.82. The molecule has 0 unspecified atom stereocenters. The lowest BCUT2D eigenvalue weighted by Crippen LogP contribution is -2.43. The van der Waals surface area contributed by atoms with Crippen molar-refractivity contribution in [1.29, 1.82) is 0 Å². The molecule has 0 aromatic heterocycles. The molecule has 2 aromatic rings. The molecule has 2 amide bonds. The minimum atomic E-state index is -3.33. The first kappa shape index (κ1) is 19.5. The number of sulfone groups is 1. The van der Waals surface area contributed by atoms with Crippen LogP contribution >= 0.6 is 0 Å². The van der Waals surface area contributed by atoms with Crippen LogP contribution in [0.3, 0.4) is 0 Å². The first-order valence-corrected chi connectivity index (χ1v) is 9.65. The smallest absolute Gasteiger partial charge is 0.276 e. The number of aryl methyl sites for hydroxylation is 2. The third kappa shape index (κ3) is 5.32. The Morgan fingerprint density at radius 1 is 1.00 bits per heavy atom. The number of rotatable bonds is 5. The predicted octanol–water partition coefficient (Wildman–Crippen LogP) is 1.55. The summed E-state index contributed by atoms with van der Waals surface area (Å²) in [7, 11) is -3.33. The highest BCUT2D eigenvalue weighted by Gasteiger charge is 2.11. The Bertz CT molecular complexity index is 921. The second-order valence-corrected chi connectivity index (χ2v) is 7.87. The van der Waals surface area contributed by atoms with Gasteiger partial charge in [-0.2, -0.15) is 0 Å². The number of hydrazine groups is 1. The summed E-state index contributed by atoms with van der Waals surface area (Å²) in [6, 6.07) is 11.0. The summed E-state index contributed by atoms with van der Waals surface area (Å²) < 4.78 is 28.2. The zero-order valence-electron chi connectivity index (χ0n) is 14.7. The van der Waals surface area contributed by atoms with Crippen LogP contribution in [0.15, 0.2) is 47.4 Å². The van der Waals surface area contributed by atoms with Crippen LogP contribution in [-0.2, 0) is 14.6 Å². The molecule has 0 aliphatic carbocycles. The van der Waals surface area contributed by atoms with Crippen LogP contribution in [0.4, 0.5) is 0 Å². The van der Waals surface area contributed by atoms with Crippen molar-refractivity contribution in [3.63, 3.8) is 0 Å². The van der Waals surface area contributed by atoms with Crippen LogP contribution in [0.2, 0.25) is 0 Å². The number of hydrogen-bond donors (Lipinski definition) is 2. The minimum absolute atomic E-state index is 0.111. The molecule has 0 aliphatic rings. The van der Waals surface area contributed by atoms with Crippen molar-refractivity contribution < 1.29 is 22.7 Å². The van der Waals surface area contributed by atoms with Gasteiger partial charge in [0.05, 0.1) is 4.90 Å². The van der Waals surface area contributed by atoms with Gasteiger partial charge in [-0.3, -0.25) is 20.4 Å². The lowest BCUT2D eigenvalue weighted by Gasteiger charge is -2.11. The van der Waals surface area contributed by atoms with Gasteiger partial charge in [0.15, 0.2) is 16.4 Å². The normalized spacial score (nSPS) is 10.9. The zero-order valence-corrected chi connectivity index (χ0v) is 15.5. The summed E-state index contributed by atoms with van der Waals surface area (Å²) in [4.78, 5) is 23.9. The van der Waals surface area contributed by atoms with E-state index in [1.165, 1.54) is 24.3 Å². The average Bonchev–Trinajstić information content (AvgIpc) is 2.58. The molecule has 0 fully saturated rings. The van der Waals surface area contributed by atoms with Crippen molar-refractivity contribution in [2.24, 2.45) is 0 Å². The highest BCUT2D eigenvalue weighted by Crippen LogP contribution is 2.18. The van der Waals surface area contributed by atoms with Crippen molar-refractivity contribution in [2.75, 3.05) is 12.9 Å². The molecule has 0 saturated carbocycles. The average molecular weight is 376 g/mol. The maximum Gasteiger partial charge on any atom is 0.276 e. The van der Waals surface area contributed by atoms with E-state index in [9.17, 15) is 18.0 Å². The molecule has 0 bridgehead atoms. The van der Waals surface area contributed by atoms with E-state index in [0.717, 1.165) is 17.4 Å². The van der Waals surface area contributed by atoms with E-state index in [4.69, 9.17) is 4.74 Å². The number of nitrogens with one attached hydrogen (secondary N) is 2. The standard InChI is InChI=1S/C18H20N2O5S/c1-12-4-9-16(13(2)10-12)25-11-17(21)19-20-18(22)14-5-7-15(8-6-14)26(3,23)24/h4-10H,11H2,1-3H3,(H,19,21)(H,20,22). The first-order valence-electron chi connectivity index (χ1n) is 7.76. The molecule has 0 radical (unpaired) electrons. The van der Waals surface area contributed by atoms with Crippen molar-refractivity contribution in [3.05, 3.63) is 59.2 Å². The van der Waals surface area contributed by atoms with E-state index < -0.39 is 21.7 Å². The summed E-state index contributed by atoms with van der Waals surface area (Å²) in [5.74, 6) is -0.496. The maximum atomic E-state index is 12.0. The summed E-state index contributed by atoms with van der Waals surface area (Å²) in [6.45, 7) is 3.58. The number of carbonyl (C=O) groups is 2. The lowest BCUT2D eigenvalue weighted by atomic mass is 10.1. The van der Waals surface area contributed by atoms with Gasteiger partial charge in [-0.15, -0.1) is 0 Å². The highest BCUT2D eigenvalue weighted by molar-refractivity contribution is 7.90. The van der Waals surface area contributed by atoms with Crippen LogP contribution in [0, 0.1) is 13.8 Å². The van der Waals surface area contributed by atoms with E-state index in [-0.39, 0.29) is 17.1 Å². The van der Waals surface area contributed by atoms with Gasteiger partial charge in [0.2, 0.25) is 0 Å². The molecule has 2 rings (SSSR count).